The third-order valence-corrected chi connectivity index (χ3v) is 3.39. The number of benzene rings is 1. The van der Waals surface area contributed by atoms with E-state index in [2.05, 4.69) is 5.32 Å². The Bertz CT molecular complexity index is 497. The minimum absolute atomic E-state index is 0.0738. The first kappa shape index (κ1) is 13.3. The number of aliphatic carboxylic acids is 1. The molecular weight excluding hydrogens is 246 g/mol. The average molecular weight is 261 g/mol. The number of piperidine rings is 1. The predicted octanol–water partition coefficient (Wildman–Crippen LogP) is 1.30. The molecule has 5 heteroatoms. The van der Waals surface area contributed by atoms with Crippen molar-refractivity contribution in [3.63, 3.8) is 0 Å². The molecule has 2 rings (SSSR count). The molecule has 1 saturated heterocycles. The molecule has 19 heavy (non-hydrogen) atoms. The van der Waals surface area contributed by atoms with Crippen molar-refractivity contribution < 1.29 is 19.5 Å². The van der Waals surface area contributed by atoms with Crippen LogP contribution in [0.4, 0.5) is 0 Å². The lowest BCUT2D eigenvalue weighted by molar-refractivity contribution is -0.139. The Hall–Kier alpha value is -2.17. The Morgan fingerprint density at radius 3 is 2.58 bits per heavy atom. The van der Waals surface area contributed by atoms with Crippen LogP contribution >= 0.6 is 0 Å². The van der Waals surface area contributed by atoms with E-state index >= 15 is 0 Å². The monoisotopic (exact) mass is 261 g/mol. The van der Waals surface area contributed by atoms with Crippen molar-refractivity contribution in [3.05, 3.63) is 35.9 Å². The number of carbonyl (C=O) groups excluding carboxylic acids is 2. The molecule has 1 aromatic carbocycles. The van der Waals surface area contributed by atoms with Gasteiger partial charge in [-0.15, -0.1) is 0 Å². The van der Waals surface area contributed by atoms with Crippen LogP contribution in [-0.2, 0) is 14.4 Å². The zero-order valence-electron chi connectivity index (χ0n) is 10.3. The summed E-state index contributed by atoms with van der Waals surface area (Å²) in [6, 6.07) is 9.29. The zero-order valence-corrected chi connectivity index (χ0v) is 10.3. The van der Waals surface area contributed by atoms with E-state index in [-0.39, 0.29) is 37.0 Å². The van der Waals surface area contributed by atoms with Gasteiger partial charge in [0.1, 0.15) is 0 Å². The highest BCUT2D eigenvalue weighted by molar-refractivity contribution is 6.00. The van der Waals surface area contributed by atoms with Crippen molar-refractivity contribution in [2.45, 2.75) is 25.2 Å². The largest absolute Gasteiger partial charge is 0.481 e. The lowest BCUT2D eigenvalue weighted by Crippen LogP contribution is -2.44. The Labute approximate surface area is 110 Å². The molecule has 0 radical (unpaired) electrons. The minimum Gasteiger partial charge on any atom is -0.481 e. The quantitative estimate of drug-likeness (QED) is 0.800. The van der Waals surface area contributed by atoms with E-state index in [9.17, 15) is 14.4 Å². The summed E-state index contributed by atoms with van der Waals surface area (Å²) < 4.78 is 0. The van der Waals surface area contributed by atoms with Crippen LogP contribution in [0.1, 0.15) is 30.7 Å². The first-order valence-corrected chi connectivity index (χ1v) is 6.18. The topological polar surface area (TPSA) is 83.5 Å². The van der Waals surface area contributed by atoms with Gasteiger partial charge in [-0.3, -0.25) is 19.7 Å². The van der Waals surface area contributed by atoms with Crippen LogP contribution in [0.5, 0.6) is 0 Å². The van der Waals surface area contributed by atoms with Gasteiger partial charge in [0.15, 0.2) is 0 Å². The molecule has 0 aliphatic carbocycles. The van der Waals surface area contributed by atoms with E-state index in [0.29, 0.717) is 0 Å². The molecule has 0 aromatic heterocycles. The molecule has 1 aromatic rings. The van der Waals surface area contributed by atoms with Crippen LogP contribution in [0.2, 0.25) is 0 Å². The molecular formula is C14H15NO4. The van der Waals surface area contributed by atoms with E-state index in [1.54, 1.807) is 0 Å². The summed E-state index contributed by atoms with van der Waals surface area (Å²) in [4.78, 5) is 34.0. The third kappa shape index (κ3) is 3.19. The number of carboxylic acids is 1. The van der Waals surface area contributed by atoms with E-state index < -0.39 is 11.9 Å². The van der Waals surface area contributed by atoms with Crippen LogP contribution in [0, 0.1) is 5.92 Å². The SMILES string of the molecule is O=C(O)CCC1C(=O)NC(=O)CC1c1ccccc1. The standard InChI is InChI=1S/C14H15NO4/c16-12-8-11(9-4-2-1-3-5-9)10(14(19)15-12)6-7-13(17)18/h1-5,10-11H,6-8H2,(H,17,18)(H,15,16,19). The van der Waals surface area contributed by atoms with Gasteiger partial charge in [-0.1, -0.05) is 30.3 Å². The number of amides is 2. The second-order valence-corrected chi connectivity index (χ2v) is 4.67. The Kier molecular flexibility index (Phi) is 3.94. The van der Waals surface area contributed by atoms with Crippen LogP contribution in [0.3, 0.4) is 0 Å². The van der Waals surface area contributed by atoms with Gasteiger partial charge in [-0.25, -0.2) is 0 Å². The van der Waals surface area contributed by atoms with Crippen LogP contribution in [-0.4, -0.2) is 22.9 Å². The first-order chi connectivity index (χ1) is 9.08. The van der Waals surface area contributed by atoms with Gasteiger partial charge < -0.3 is 5.11 Å². The molecule has 2 atom stereocenters. The zero-order chi connectivity index (χ0) is 13.8. The summed E-state index contributed by atoms with van der Waals surface area (Å²) >= 11 is 0. The van der Waals surface area contributed by atoms with Crippen molar-refractivity contribution >= 4 is 17.8 Å². The van der Waals surface area contributed by atoms with Crippen LogP contribution in [0.15, 0.2) is 30.3 Å². The van der Waals surface area contributed by atoms with Crippen molar-refractivity contribution in [2.24, 2.45) is 5.92 Å². The molecule has 1 heterocycles. The Morgan fingerprint density at radius 2 is 1.95 bits per heavy atom. The van der Waals surface area contributed by atoms with Gasteiger partial charge in [0, 0.05) is 24.7 Å². The summed E-state index contributed by atoms with van der Waals surface area (Å²) in [6.45, 7) is 0. The maximum Gasteiger partial charge on any atom is 0.303 e. The number of hydrogen-bond acceptors (Lipinski definition) is 3. The molecule has 0 spiro atoms. The normalized spacial score (nSPS) is 22.9. The van der Waals surface area contributed by atoms with Gasteiger partial charge in [-0.2, -0.15) is 0 Å². The molecule has 0 saturated carbocycles. The highest BCUT2D eigenvalue weighted by Crippen LogP contribution is 2.34. The number of carboxylic acid groups (broad SMARTS) is 1. The van der Waals surface area contributed by atoms with E-state index in [0.717, 1.165) is 5.56 Å². The Morgan fingerprint density at radius 1 is 1.26 bits per heavy atom. The fourth-order valence-electron chi connectivity index (χ4n) is 2.47. The predicted molar refractivity (Wildman–Crippen MR) is 67.3 cm³/mol. The third-order valence-electron chi connectivity index (χ3n) is 3.39. The van der Waals surface area contributed by atoms with Crippen LogP contribution in [0.25, 0.3) is 0 Å². The molecule has 5 nitrogen and oxygen atoms in total. The van der Waals surface area contributed by atoms with Crippen molar-refractivity contribution in [3.8, 4) is 0 Å². The van der Waals surface area contributed by atoms with Gasteiger partial charge in [0.25, 0.3) is 0 Å². The molecule has 1 aliphatic heterocycles. The second kappa shape index (κ2) is 5.65. The van der Waals surface area contributed by atoms with Gasteiger partial charge in [-0.05, 0) is 12.0 Å². The highest BCUT2D eigenvalue weighted by atomic mass is 16.4. The molecule has 1 fully saturated rings. The van der Waals surface area contributed by atoms with E-state index in [1.807, 2.05) is 30.3 Å². The first-order valence-electron chi connectivity index (χ1n) is 6.18. The van der Waals surface area contributed by atoms with Crippen LogP contribution < -0.4 is 5.32 Å². The summed E-state index contributed by atoms with van der Waals surface area (Å²) in [5.41, 5.74) is 0.904. The molecule has 0 bridgehead atoms. The van der Waals surface area contributed by atoms with Gasteiger partial charge >= 0.3 is 5.97 Å². The summed E-state index contributed by atoms with van der Waals surface area (Å²) in [6.07, 6.45) is 0.393. The lowest BCUT2D eigenvalue weighted by Gasteiger charge is -2.30. The van der Waals surface area contributed by atoms with Gasteiger partial charge in [0.05, 0.1) is 0 Å². The summed E-state index contributed by atoms with van der Waals surface area (Å²) in [5, 5.41) is 11.0. The number of rotatable bonds is 4. The number of imide groups is 1. The smallest absolute Gasteiger partial charge is 0.303 e. The molecule has 2 N–H and O–H groups in total. The fraction of sp³-hybridized carbons (Fsp3) is 0.357. The van der Waals surface area contributed by atoms with Crippen molar-refractivity contribution in [2.75, 3.05) is 0 Å². The minimum atomic E-state index is -0.934. The van der Waals surface area contributed by atoms with Crippen molar-refractivity contribution in [1.29, 1.82) is 0 Å². The highest BCUT2D eigenvalue weighted by Gasteiger charge is 2.36. The van der Waals surface area contributed by atoms with Gasteiger partial charge in [0.2, 0.25) is 11.8 Å². The average Bonchev–Trinajstić information content (AvgIpc) is 2.37. The molecule has 2 amide bonds. The van der Waals surface area contributed by atoms with E-state index in [4.69, 9.17) is 5.11 Å². The lowest BCUT2D eigenvalue weighted by atomic mass is 9.78. The summed E-state index contributed by atoms with van der Waals surface area (Å²) in [7, 11) is 0. The molecule has 1 aliphatic rings. The van der Waals surface area contributed by atoms with Crippen molar-refractivity contribution in [1.82, 2.24) is 5.32 Å². The number of carbonyl (C=O) groups is 3. The maximum absolute atomic E-state index is 11.9. The molecule has 100 valence electrons. The fourth-order valence-corrected chi connectivity index (χ4v) is 2.47. The summed E-state index contributed by atoms with van der Waals surface area (Å²) in [5.74, 6) is -2.30. The number of hydrogen-bond donors (Lipinski definition) is 2. The Balaban J connectivity index is 2.22. The maximum atomic E-state index is 11.9. The second-order valence-electron chi connectivity index (χ2n) is 4.67. The van der Waals surface area contributed by atoms with E-state index in [1.165, 1.54) is 0 Å². The molecule has 2 unspecified atom stereocenters. The number of nitrogens with one attached hydrogen (secondary N) is 1.